The number of nitrogens with zero attached hydrogens (tertiary/aromatic N) is 2. The van der Waals surface area contributed by atoms with Crippen molar-refractivity contribution in [1.29, 1.82) is 0 Å². The highest BCUT2D eigenvalue weighted by atomic mass is 32.1. The van der Waals surface area contributed by atoms with E-state index in [4.69, 9.17) is 18.0 Å². The highest BCUT2D eigenvalue weighted by Crippen LogP contribution is 2.25. The summed E-state index contributed by atoms with van der Waals surface area (Å²) < 4.78 is 0. The van der Waals surface area contributed by atoms with Gasteiger partial charge in [-0.1, -0.05) is 42.5 Å². The van der Waals surface area contributed by atoms with Crippen molar-refractivity contribution in [3.05, 3.63) is 54.2 Å². The maximum atomic E-state index is 5.35. The molecule has 5 heteroatoms. The lowest BCUT2D eigenvalue weighted by Crippen LogP contribution is -2.24. The highest BCUT2D eigenvalue weighted by molar-refractivity contribution is 7.80. The number of nitrogens with two attached hydrogens (primary N) is 1. The van der Waals surface area contributed by atoms with Gasteiger partial charge in [-0.2, -0.15) is 5.10 Å². The van der Waals surface area contributed by atoms with Crippen LogP contribution in [0.3, 0.4) is 0 Å². The Labute approximate surface area is 121 Å². The average Bonchev–Trinajstić information content (AvgIpc) is 2.47. The molecule has 20 heavy (non-hydrogen) atoms. The molecular weight excluding hydrogens is 268 g/mol. The number of thiocarbonyl (C=S) groups is 1. The van der Waals surface area contributed by atoms with Crippen LogP contribution in [0.5, 0.6) is 0 Å². The van der Waals surface area contributed by atoms with Crippen molar-refractivity contribution < 1.29 is 0 Å². The first-order valence-corrected chi connectivity index (χ1v) is 6.52. The SMILES string of the molecule is NC(=S)N/N=C\c1nc2ccccc2c2ccccc12. The van der Waals surface area contributed by atoms with Gasteiger partial charge in [0.15, 0.2) is 5.11 Å². The van der Waals surface area contributed by atoms with Crippen molar-refractivity contribution in [3.8, 4) is 0 Å². The Morgan fingerprint density at radius 3 is 2.45 bits per heavy atom. The van der Waals surface area contributed by atoms with Gasteiger partial charge in [-0.25, -0.2) is 4.98 Å². The van der Waals surface area contributed by atoms with Crippen LogP contribution in [0, 0.1) is 0 Å². The first kappa shape index (κ1) is 12.5. The molecule has 3 N–H and O–H groups in total. The molecule has 0 bridgehead atoms. The third-order valence-corrected chi connectivity index (χ3v) is 3.09. The van der Waals surface area contributed by atoms with Crippen molar-refractivity contribution in [2.45, 2.75) is 0 Å². The van der Waals surface area contributed by atoms with E-state index in [0.29, 0.717) is 0 Å². The van der Waals surface area contributed by atoms with Crippen LogP contribution in [0.25, 0.3) is 21.7 Å². The highest BCUT2D eigenvalue weighted by Gasteiger charge is 2.05. The van der Waals surface area contributed by atoms with E-state index in [1.807, 2.05) is 36.4 Å². The predicted molar refractivity (Wildman–Crippen MR) is 86.8 cm³/mol. The second kappa shape index (κ2) is 5.22. The quantitative estimate of drug-likeness (QED) is 0.328. The van der Waals surface area contributed by atoms with Crippen molar-refractivity contribution in [2.24, 2.45) is 10.8 Å². The van der Waals surface area contributed by atoms with E-state index in [1.165, 1.54) is 0 Å². The van der Waals surface area contributed by atoms with Crippen molar-refractivity contribution in [1.82, 2.24) is 10.4 Å². The molecule has 1 heterocycles. The van der Waals surface area contributed by atoms with Crippen LogP contribution in [0.1, 0.15) is 5.69 Å². The third-order valence-electron chi connectivity index (χ3n) is 3.00. The molecule has 0 saturated carbocycles. The van der Waals surface area contributed by atoms with Gasteiger partial charge >= 0.3 is 0 Å². The minimum absolute atomic E-state index is 0.131. The minimum atomic E-state index is 0.131. The Morgan fingerprint density at radius 1 is 1.05 bits per heavy atom. The topological polar surface area (TPSA) is 63.3 Å². The van der Waals surface area contributed by atoms with E-state index in [0.717, 1.165) is 27.4 Å². The smallest absolute Gasteiger partial charge is 0.184 e. The fraction of sp³-hybridized carbons (Fsp3) is 0. The van der Waals surface area contributed by atoms with Crippen molar-refractivity contribution in [2.75, 3.05) is 0 Å². The van der Waals surface area contributed by atoms with Crippen LogP contribution in [-0.4, -0.2) is 16.3 Å². The van der Waals surface area contributed by atoms with Crippen LogP contribution in [0.15, 0.2) is 53.6 Å². The van der Waals surface area contributed by atoms with Crippen LogP contribution >= 0.6 is 12.2 Å². The molecule has 0 atom stereocenters. The number of hydrogen-bond acceptors (Lipinski definition) is 3. The fourth-order valence-electron chi connectivity index (χ4n) is 2.19. The van der Waals surface area contributed by atoms with Gasteiger partial charge in [-0.05, 0) is 23.7 Å². The first-order chi connectivity index (χ1) is 9.75. The molecular formula is C15H12N4S. The Kier molecular flexibility index (Phi) is 3.26. The Bertz CT molecular complexity index is 826. The number of pyridine rings is 1. The maximum absolute atomic E-state index is 5.35. The summed E-state index contributed by atoms with van der Waals surface area (Å²) in [5.41, 5.74) is 9.61. The van der Waals surface area contributed by atoms with Crippen LogP contribution < -0.4 is 11.2 Å². The molecule has 0 saturated heterocycles. The number of rotatable bonds is 2. The normalized spacial score (nSPS) is 11.2. The lowest BCUT2D eigenvalue weighted by atomic mass is 10.0. The van der Waals surface area contributed by atoms with E-state index in [-0.39, 0.29) is 5.11 Å². The van der Waals surface area contributed by atoms with Gasteiger partial charge < -0.3 is 5.73 Å². The Hall–Kier alpha value is -2.53. The first-order valence-electron chi connectivity index (χ1n) is 6.12. The van der Waals surface area contributed by atoms with Crippen molar-refractivity contribution >= 4 is 45.2 Å². The summed E-state index contributed by atoms with van der Waals surface area (Å²) in [6.45, 7) is 0. The monoisotopic (exact) mass is 280 g/mol. The van der Waals surface area contributed by atoms with Gasteiger partial charge in [-0.15, -0.1) is 0 Å². The van der Waals surface area contributed by atoms with Crippen LogP contribution in [0.2, 0.25) is 0 Å². The molecule has 0 fully saturated rings. The zero-order valence-corrected chi connectivity index (χ0v) is 11.4. The third kappa shape index (κ3) is 2.31. The molecule has 4 nitrogen and oxygen atoms in total. The second-order valence-corrected chi connectivity index (χ2v) is 4.73. The fourth-order valence-corrected chi connectivity index (χ4v) is 2.24. The number of fused-ring (bicyclic) bond motifs is 3. The predicted octanol–water partition coefficient (Wildman–Crippen LogP) is 2.56. The minimum Gasteiger partial charge on any atom is -0.375 e. The van der Waals surface area contributed by atoms with E-state index >= 15 is 0 Å². The lowest BCUT2D eigenvalue weighted by Gasteiger charge is -2.06. The van der Waals surface area contributed by atoms with Gasteiger partial charge in [0.25, 0.3) is 0 Å². The van der Waals surface area contributed by atoms with Gasteiger partial charge in [0.2, 0.25) is 0 Å². The largest absolute Gasteiger partial charge is 0.375 e. The number of benzene rings is 2. The molecule has 0 unspecified atom stereocenters. The summed E-state index contributed by atoms with van der Waals surface area (Å²) in [5.74, 6) is 0. The number of hydrazone groups is 1. The molecule has 0 radical (unpaired) electrons. The zero-order chi connectivity index (χ0) is 13.9. The average molecular weight is 280 g/mol. The van der Waals surface area contributed by atoms with E-state index in [1.54, 1.807) is 6.21 Å². The van der Waals surface area contributed by atoms with Crippen LogP contribution in [-0.2, 0) is 0 Å². The summed E-state index contributed by atoms with van der Waals surface area (Å²) >= 11 is 4.72. The number of para-hydroxylation sites is 1. The maximum Gasteiger partial charge on any atom is 0.184 e. The summed E-state index contributed by atoms with van der Waals surface area (Å²) in [7, 11) is 0. The Balaban J connectivity index is 2.24. The summed E-state index contributed by atoms with van der Waals surface area (Å²) in [6.07, 6.45) is 1.63. The molecule has 0 spiro atoms. The molecule has 0 aliphatic carbocycles. The van der Waals surface area contributed by atoms with Gasteiger partial charge in [-0.3, -0.25) is 5.43 Å². The number of nitrogens with one attached hydrogen (secondary N) is 1. The van der Waals surface area contributed by atoms with E-state index < -0.39 is 0 Å². The number of hydrogen-bond donors (Lipinski definition) is 2. The molecule has 0 amide bonds. The molecule has 2 aromatic carbocycles. The van der Waals surface area contributed by atoms with E-state index in [9.17, 15) is 0 Å². The van der Waals surface area contributed by atoms with Gasteiger partial charge in [0, 0.05) is 10.8 Å². The van der Waals surface area contributed by atoms with Gasteiger partial charge in [0.05, 0.1) is 17.4 Å². The zero-order valence-electron chi connectivity index (χ0n) is 10.6. The van der Waals surface area contributed by atoms with E-state index in [2.05, 4.69) is 27.6 Å². The van der Waals surface area contributed by atoms with Crippen LogP contribution in [0.4, 0.5) is 0 Å². The molecule has 3 rings (SSSR count). The molecule has 98 valence electrons. The lowest BCUT2D eigenvalue weighted by molar-refractivity contribution is 1.04. The summed E-state index contributed by atoms with van der Waals surface area (Å²) in [4.78, 5) is 4.63. The number of aromatic nitrogens is 1. The Morgan fingerprint density at radius 2 is 1.70 bits per heavy atom. The second-order valence-electron chi connectivity index (χ2n) is 4.29. The van der Waals surface area contributed by atoms with Crippen molar-refractivity contribution in [3.63, 3.8) is 0 Å². The van der Waals surface area contributed by atoms with Gasteiger partial charge in [0.1, 0.15) is 0 Å². The molecule has 0 aliphatic heterocycles. The standard InChI is InChI=1S/C15H12N4S/c16-15(20)19-17-9-14-12-7-2-1-5-10(12)11-6-3-4-8-13(11)18-14/h1-9H,(H3,16,19,20)/b17-9-. The summed E-state index contributed by atoms with van der Waals surface area (Å²) in [6, 6.07) is 16.1. The molecule has 0 aliphatic rings. The molecule has 3 aromatic rings. The summed E-state index contributed by atoms with van der Waals surface area (Å²) in [5, 5.41) is 7.44. The molecule has 1 aromatic heterocycles.